The van der Waals surface area contributed by atoms with Gasteiger partial charge in [0.15, 0.2) is 11.6 Å². The first kappa shape index (κ1) is 20.1. The number of rotatable bonds is 5. The van der Waals surface area contributed by atoms with Crippen molar-refractivity contribution >= 4 is 12.2 Å². The van der Waals surface area contributed by atoms with Gasteiger partial charge in [0.05, 0.1) is 38.0 Å². The molecule has 1 aliphatic heterocycles. The van der Waals surface area contributed by atoms with E-state index in [-0.39, 0.29) is 11.9 Å². The lowest BCUT2D eigenvalue weighted by atomic mass is 10.1. The minimum absolute atomic E-state index is 0.285. The van der Waals surface area contributed by atoms with E-state index in [2.05, 4.69) is 20.1 Å². The first-order valence-corrected chi connectivity index (χ1v) is 10.2. The monoisotopic (exact) mass is 432 g/mol. The second-order valence-corrected chi connectivity index (χ2v) is 7.37. The Morgan fingerprint density at radius 3 is 2.72 bits per heavy atom. The molecule has 0 radical (unpaired) electrons. The number of nitrogens with zero attached hydrogens (tertiary/aromatic N) is 6. The van der Waals surface area contributed by atoms with Crippen molar-refractivity contribution in [3.8, 4) is 11.6 Å². The molecule has 0 fully saturated rings. The van der Waals surface area contributed by atoms with Gasteiger partial charge in [0, 0.05) is 6.20 Å². The number of ether oxygens (including phenoxy) is 2. The van der Waals surface area contributed by atoms with Gasteiger partial charge in [-0.1, -0.05) is 12.1 Å². The third kappa shape index (κ3) is 3.90. The van der Waals surface area contributed by atoms with Crippen molar-refractivity contribution in [2.45, 2.75) is 19.6 Å². The zero-order valence-corrected chi connectivity index (χ0v) is 17.6. The van der Waals surface area contributed by atoms with Crippen molar-refractivity contribution in [3.05, 3.63) is 83.3 Å². The zero-order chi connectivity index (χ0) is 22.1. The summed E-state index contributed by atoms with van der Waals surface area (Å²) < 4.78 is 28.3. The highest BCUT2D eigenvalue weighted by molar-refractivity contribution is 5.65. The van der Waals surface area contributed by atoms with Crippen molar-refractivity contribution in [1.82, 2.24) is 29.3 Å². The molecule has 1 unspecified atom stereocenters. The molecule has 0 bridgehead atoms. The number of halogens is 1. The Labute approximate surface area is 184 Å². The van der Waals surface area contributed by atoms with Gasteiger partial charge in [-0.05, 0) is 48.9 Å². The van der Waals surface area contributed by atoms with Crippen molar-refractivity contribution in [3.63, 3.8) is 0 Å². The fourth-order valence-electron chi connectivity index (χ4n) is 3.62. The third-order valence-corrected chi connectivity index (χ3v) is 5.16. The molecule has 0 saturated carbocycles. The van der Waals surface area contributed by atoms with Crippen molar-refractivity contribution in [2.75, 3.05) is 13.7 Å². The SMILES string of the molecule is COc1nc(/C=C/c2nc3n(n2)CCOC3c2ccc(F)cc2)ccc1-n1cnc(C)c1. The first-order valence-electron chi connectivity index (χ1n) is 10.2. The molecule has 0 saturated heterocycles. The Kier molecular flexibility index (Phi) is 5.24. The van der Waals surface area contributed by atoms with E-state index in [1.165, 1.54) is 12.1 Å². The summed E-state index contributed by atoms with van der Waals surface area (Å²) in [5, 5.41) is 4.56. The number of hydrogen-bond donors (Lipinski definition) is 0. The molecule has 0 amide bonds. The standard InChI is InChI=1S/C23H21FN6O2/c1-15-13-29(14-25-15)19-9-7-18(26-23(19)31-2)8-10-20-27-22-21(32-12-11-30(22)28-20)16-3-5-17(24)6-4-16/h3-10,13-14,21H,11-12H2,1-2H3/b10-8+. The second kappa shape index (κ2) is 8.35. The Morgan fingerprint density at radius 2 is 1.97 bits per heavy atom. The number of imidazole rings is 1. The lowest BCUT2D eigenvalue weighted by Crippen LogP contribution is -2.23. The summed E-state index contributed by atoms with van der Waals surface area (Å²) in [4.78, 5) is 13.4. The van der Waals surface area contributed by atoms with Gasteiger partial charge in [0.2, 0.25) is 5.88 Å². The number of pyridine rings is 1. The summed E-state index contributed by atoms with van der Waals surface area (Å²) >= 11 is 0. The highest BCUT2D eigenvalue weighted by atomic mass is 19.1. The predicted octanol–water partition coefficient (Wildman–Crippen LogP) is 3.60. The maximum atomic E-state index is 13.3. The van der Waals surface area contributed by atoms with Crippen LogP contribution in [-0.2, 0) is 11.3 Å². The van der Waals surface area contributed by atoms with E-state index >= 15 is 0 Å². The zero-order valence-electron chi connectivity index (χ0n) is 17.6. The van der Waals surface area contributed by atoms with Crippen LogP contribution in [0, 0.1) is 12.7 Å². The minimum atomic E-state index is -0.380. The largest absolute Gasteiger partial charge is 0.479 e. The van der Waals surface area contributed by atoms with Gasteiger partial charge in [-0.25, -0.2) is 24.0 Å². The lowest BCUT2D eigenvalue weighted by molar-refractivity contribution is 0.0389. The van der Waals surface area contributed by atoms with E-state index in [9.17, 15) is 4.39 Å². The van der Waals surface area contributed by atoms with Gasteiger partial charge in [0.25, 0.3) is 0 Å². The molecule has 1 aliphatic rings. The van der Waals surface area contributed by atoms with Gasteiger partial charge in [0.1, 0.15) is 17.6 Å². The maximum absolute atomic E-state index is 13.3. The molecule has 1 aromatic carbocycles. The number of hydrogen-bond acceptors (Lipinski definition) is 6. The van der Waals surface area contributed by atoms with E-state index < -0.39 is 0 Å². The Bertz CT molecular complexity index is 1280. The van der Waals surface area contributed by atoms with Crippen LogP contribution in [0.3, 0.4) is 0 Å². The van der Waals surface area contributed by atoms with Crippen LogP contribution in [-0.4, -0.2) is 43.0 Å². The normalized spacial score (nSPS) is 15.8. The van der Waals surface area contributed by atoms with Crippen molar-refractivity contribution < 1.29 is 13.9 Å². The smallest absolute Gasteiger partial charge is 0.238 e. The molecule has 9 heteroatoms. The molecule has 0 N–H and O–H groups in total. The van der Waals surface area contributed by atoms with E-state index in [0.29, 0.717) is 36.4 Å². The van der Waals surface area contributed by atoms with Crippen LogP contribution >= 0.6 is 0 Å². The molecule has 162 valence electrons. The van der Waals surface area contributed by atoms with E-state index in [1.807, 2.05) is 40.6 Å². The molecule has 4 aromatic rings. The third-order valence-electron chi connectivity index (χ3n) is 5.16. The second-order valence-electron chi connectivity index (χ2n) is 7.37. The first-order chi connectivity index (χ1) is 15.6. The van der Waals surface area contributed by atoms with Crippen LogP contribution in [0.4, 0.5) is 4.39 Å². The molecule has 32 heavy (non-hydrogen) atoms. The number of methoxy groups -OCH3 is 1. The summed E-state index contributed by atoms with van der Waals surface area (Å²) in [7, 11) is 1.59. The Hall–Kier alpha value is -3.85. The minimum Gasteiger partial charge on any atom is -0.479 e. The molecule has 3 aromatic heterocycles. The molecule has 5 rings (SSSR count). The van der Waals surface area contributed by atoms with Crippen molar-refractivity contribution in [1.29, 1.82) is 0 Å². The van der Waals surface area contributed by atoms with Gasteiger partial charge >= 0.3 is 0 Å². The topological polar surface area (TPSA) is 79.9 Å². The van der Waals surface area contributed by atoms with E-state index in [4.69, 9.17) is 9.47 Å². The van der Waals surface area contributed by atoms with Crippen LogP contribution in [0.25, 0.3) is 17.8 Å². The number of fused-ring (bicyclic) bond motifs is 1. The van der Waals surface area contributed by atoms with Crippen LogP contribution in [0.1, 0.15) is 34.7 Å². The van der Waals surface area contributed by atoms with Gasteiger partial charge < -0.3 is 14.0 Å². The average molecular weight is 432 g/mol. The summed E-state index contributed by atoms with van der Waals surface area (Å²) in [6.07, 6.45) is 6.89. The molecule has 8 nitrogen and oxygen atoms in total. The summed E-state index contributed by atoms with van der Waals surface area (Å²) in [5.41, 5.74) is 3.27. The fourth-order valence-corrected chi connectivity index (χ4v) is 3.62. The van der Waals surface area contributed by atoms with E-state index in [0.717, 1.165) is 16.9 Å². The Balaban J connectivity index is 1.40. The number of aromatic nitrogens is 6. The molecular formula is C23H21FN6O2. The highest BCUT2D eigenvalue weighted by Gasteiger charge is 2.26. The van der Waals surface area contributed by atoms with Crippen LogP contribution in [0.5, 0.6) is 5.88 Å². The number of aryl methyl sites for hydroxylation is 1. The fraction of sp³-hybridized carbons (Fsp3) is 0.217. The number of benzene rings is 1. The van der Waals surface area contributed by atoms with E-state index in [1.54, 1.807) is 31.6 Å². The highest BCUT2D eigenvalue weighted by Crippen LogP contribution is 2.28. The average Bonchev–Trinajstić information content (AvgIpc) is 3.43. The van der Waals surface area contributed by atoms with Gasteiger partial charge in [-0.15, -0.1) is 0 Å². The molecule has 1 atom stereocenters. The van der Waals surface area contributed by atoms with Crippen molar-refractivity contribution in [2.24, 2.45) is 0 Å². The predicted molar refractivity (Wildman–Crippen MR) is 116 cm³/mol. The summed E-state index contributed by atoms with van der Waals surface area (Å²) in [5.74, 6) is 1.45. The van der Waals surface area contributed by atoms with Crippen LogP contribution < -0.4 is 4.74 Å². The molecule has 0 aliphatic carbocycles. The van der Waals surface area contributed by atoms with Crippen LogP contribution in [0.2, 0.25) is 0 Å². The van der Waals surface area contributed by atoms with Gasteiger partial charge in [-0.3, -0.25) is 0 Å². The quantitative estimate of drug-likeness (QED) is 0.479. The molecule has 0 spiro atoms. The lowest BCUT2D eigenvalue weighted by Gasteiger charge is -2.23. The van der Waals surface area contributed by atoms with Crippen LogP contribution in [0.15, 0.2) is 48.9 Å². The molecule has 4 heterocycles. The maximum Gasteiger partial charge on any atom is 0.238 e. The summed E-state index contributed by atoms with van der Waals surface area (Å²) in [6, 6.07) is 10.1. The molecular weight excluding hydrogens is 411 g/mol. The Morgan fingerprint density at radius 1 is 1.12 bits per heavy atom. The summed E-state index contributed by atoms with van der Waals surface area (Å²) in [6.45, 7) is 3.05. The van der Waals surface area contributed by atoms with Gasteiger partial charge in [-0.2, -0.15) is 5.10 Å².